The van der Waals surface area contributed by atoms with Gasteiger partial charge < -0.3 is 43.1 Å². The number of hydrogen-bond donors (Lipinski definition) is 0. The van der Waals surface area contributed by atoms with Crippen molar-refractivity contribution in [3.05, 3.63) is 0 Å². The summed E-state index contributed by atoms with van der Waals surface area (Å²) in [7, 11) is -12.8. The molecule has 0 aromatic heterocycles. The first-order chi connectivity index (χ1) is 16.5. The van der Waals surface area contributed by atoms with Gasteiger partial charge in [-0.2, -0.15) is 0 Å². The Morgan fingerprint density at radius 1 is 0.459 bits per heavy atom. The second-order valence-electron chi connectivity index (χ2n) is 9.63. The minimum Gasteiger partial charge on any atom is -0.811 e. The first-order valence-electron chi connectivity index (χ1n) is 13.5. The van der Waals surface area contributed by atoms with E-state index >= 15 is 0 Å². The summed E-state index contributed by atoms with van der Waals surface area (Å²) < 4.78 is 31.3. The van der Waals surface area contributed by atoms with Gasteiger partial charge in [-0.05, 0) is 36.2 Å². The first-order valence-corrected chi connectivity index (χ1v) is 18.7. The van der Waals surface area contributed by atoms with Gasteiger partial charge in [0.2, 0.25) is 0 Å². The van der Waals surface area contributed by atoms with E-state index in [9.17, 15) is 43.1 Å². The van der Waals surface area contributed by atoms with Gasteiger partial charge in [0.1, 0.15) is 0 Å². The molecule has 0 radical (unpaired) electrons. The standard InChI is InChI=1S/3C8H19O3P.Mo/c3*1-3-5-6-8(4-2)7-12(9,10)11;/h3*8H,3-7H2,1-2H3,(H2,9,10,11);/q;;;+6/p-6. The van der Waals surface area contributed by atoms with E-state index in [1.54, 1.807) is 0 Å². The average Bonchev–Trinajstić information content (AvgIpc) is 2.75. The Hall–Kier alpha value is 1.14. The predicted molar refractivity (Wildman–Crippen MR) is 137 cm³/mol. The van der Waals surface area contributed by atoms with Crippen LogP contribution >= 0.6 is 22.8 Å². The van der Waals surface area contributed by atoms with Crippen molar-refractivity contribution < 1.29 is 64.1 Å². The zero-order chi connectivity index (χ0) is 28.8. The van der Waals surface area contributed by atoms with E-state index in [1.807, 2.05) is 20.8 Å². The van der Waals surface area contributed by atoms with Crippen molar-refractivity contribution in [2.45, 2.75) is 119 Å². The summed E-state index contributed by atoms with van der Waals surface area (Å²) in [6.07, 6.45) is 10.7. The van der Waals surface area contributed by atoms with Crippen molar-refractivity contribution in [1.29, 1.82) is 0 Å². The minimum atomic E-state index is -4.28. The third kappa shape index (κ3) is 39.3. The van der Waals surface area contributed by atoms with Crippen molar-refractivity contribution in [3.8, 4) is 0 Å². The molecule has 222 valence electrons. The Labute approximate surface area is 241 Å². The molecule has 3 unspecified atom stereocenters. The quantitative estimate of drug-likeness (QED) is 0.155. The van der Waals surface area contributed by atoms with Gasteiger partial charge >= 0.3 is 21.1 Å². The Balaban J connectivity index is -0.000000218. The SMILES string of the molecule is CCCCC(CC)CP(=O)([O-])[O-].CCCCC(CC)CP(=O)([O-])[O-].CCCCC(CC)CP(=O)([O-])[O-].[Mo+6]. The Morgan fingerprint density at radius 2 is 0.649 bits per heavy atom. The largest absolute Gasteiger partial charge is 6.00 e. The molecular weight excluding hydrogens is 621 g/mol. The summed E-state index contributed by atoms with van der Waals surface area (Å²) in [5.74, 6) is 0.224. The molecule has 0 amide bonds. The molecule has 0 bridgehead atoms. The van der Waals surface area contributed by atoms with Crippen molar-refractivity contribution >= 4 is 22.8 Å². The van der Waals surface area contributed by atoms with Crippen LogP contribution in [0.4, 0.5) is 0 Å². The third-order valence-electron chi connectivity index (χ3n) is 6.08. The molecule has 9 nitrogen and oxygen atoms in total. The monoisotopic (exact) mass is 674 g/mol. The van der Waals surface area contributed by atoms with Crippen LogP contribution in [0.3, 0.4) is 0 Å². The fraction of sp³-hybridized carbons (Fsp3) is 1.00. The van der Waals surface area contributed by atoms with E-state index in [0.717, 1.165) is 77.0 Å². The van der Waals surface area contributed by atoms with Crippen LogP contribution in [-0.2, 0) is 34.8 Å². The van der Waals surface area contributed by atoms with Crippen LogP contribution in [0.2, 0.25) is 0 Å². The molecule has 0 rings (SSSR count). The molecule has 0 aliphatic heterocycles. The fourth-order valence-electron chi connectivity index (χ4n) is 3.70. The molecule has 0 heterocycles. The normalized spacial score (nSPS) is 14.3. The van der Waals surface area contributed by atoms with E-state index in [4.69, 9.17) is 0 Å². The van der Waals surface area contributed by atoms with E-state index in [0.29, 0.717) is 0 Å². The first kappa shape index (κ1) is 45.1. The maximum atomic E-state index is 10.4. The van der Waals surface area contributed by atoms with Crippen LogP contribution in [0, 0.1) is 17.8 Å². The van der Waals surface area contributed by atoms with Gasteiger partial charge in [0.25, 0.3) is 0 Å². The second-order valence-corrected chi connectivity index (χ2v) is 14.4. The summed E-state index contributed by atoms with van der Waals surface area (Å²) in [6.45, 7) is 11.9. The molecule has 0 spiro atoms. The summed E-state index contributed by atoms with van der Waals surface area (Å²) in [5.41, 5.74) is 0. The Bertz CT molecular complexity index is 549. The van der Waals surface area contributed by atoms with Gasteiger partial charge in [0.15, 0.2) is 0 Å². The van der Waals surface area contributed by atoms with E-state index < -0.39 is 22.8 Å². The molecule has 37 heavy (non-hydrogen) atoms. The van der Waals surface area contributed by atoms with Gasteiger partial charge in [-0.3, -0.25) is 0 Å². The molecule has 0 aliphatic rings. The maximum Gasteiger partial charge on any atom is 6.00 e. The molecule has 0 aromatic rings. The van der Waals surface area contributed by atoms with E-state index in [2.05, 4.69) is 20.8 Å². The summed E-state index contributed by atoms with van der Waals surface area (Å²) in [4.78, 5) is 62.6. The zero-order valence-electron chi connectivity index (χ0n) is 23.8. The Morgan fingerprint density at radius 3 is 0.757 bits per heavy atom. The molecule has 0 aliphatic carbocycles. The zero-order valence-corrected chi connectivity index (χ0v) is 28.5. The van der Waals surface area contributed by atoms with Crippen LogP contribution < -0.4 is 29.4 Å². The van der Waals surface area contributed by atoms with E-state index in [-0.39, 0.29) is 57.3 Å². The molecule has 0 saturated heterocycles. The van der Waals surface area contributed by atoms with Gasteiger partial charge in [0, 0.05) is 0 Å². The summed E-state index contributed by atoms with van der Waals surface area (Å²) in [5, 5.41) is 0. The number of rotatable bonds is 18. The van der Waals surface area contributed by atoms with Crippen LogP contribution in [-0.4, -0.2) is 18.5 Å². The van der Waals surface area contributed by atoms with Crippen LogP contribution in [0.25, 0.3) is 0 Å². The van der Waals surface area contributed by atoms with Crippen LogP contribution in [0.15, 0.2) is 0 Å². The maximum absolute atomic E-state index is 10.4. The Kier molecular flexibility index (Phi) is 31.8. The molecule has 0 aromatic carbocycles. The molecule has 13 heteroatoms. The number of hydrogen-bond acceptors (Lipinski definition) is 9. The molecular formula is C24H51MoO9P3. The number of unbranched alkanes of at least 4 members (excludes halogenated alkanes) is 3. The molecule has 0 N–H and O–H groups in total. The van der Waals surface area contributed by atoms with Crippen LogP contribution in [0.1, 0.15) is 119 Å². The summed E-state index contributed by atoms with van der Waals surface area (Å²) >= 11 is 0. The van der Waals surface area contributed by atoms with Crippen molar-refractivity contribution in [3.63, 3.8) is 0 Å². The van der Waals surface area contributed by atoms with Crippen molar-refractivity contribution in [1.82, 2.24) is 0 Å². The molecule has 0 saturated carbocycles. The molecule has 0 fully saturated rings. The predicted octanol–water partition coefficient (Wildman–Crippen LogP) is 3.35. The summed E-state index contributed by atoms with van der Waals surface area (Å²) in [6, 6.07) is 0. The van der Waals surface area contributed by atoms with Crippen LogP contribution in [0.5, 0.6) is 0 Å². The second kappa shape index (κ2) is 26.1. The van der Waals surface area contributed by atoms with Crippen molar-refractivity contribution in [2.75, 3.05) is 18.5 Å². The van der Waals surface area contributed by atoms with Gasteiger partial charge in [-0.15, -0.1) is 0 Å². The van der Waals surface area contributed by atoms with E-state index in [1.165, 1.54) is 0 Å². The minimum absolute atomic E-state index is 0. The smallest absolute Gasteiger partial charge is 0.811 e. The topological polar surface area (TPSA) is 190 Å². The van der Waals surface area contributed by atoms with Crippen molar-refractivity contribution in [2.24, 2.45) is 17.8 Å². The third-order valence-corrected chi connectivity index (χ3v) is 8.97. The van der Waals surface area contributed by atoms with Gasteiger partial charge in [0.05, 0.1) is 0 Å². The van der Waals surface area contributed by atoms with Gasteiger partial charge in [-0.1, -0.05) is 141 Å². The average molecular weight is 673 g/mol. The fourth-order valence-corrected chi connectivity index (χ4v) is 6.92. The van der Waals surface area contributed by atoms with Gasteiger partial charge in [-0.25, -0.2) is 0 Å². The molecule has 3 atom stereocenters.